The van der Waals surface area contributed by atoms with E-state index in [1.165, 1.54) is 24.3 Å². The molecule has 0 bridgehead atoms. The van der Waals surface area contributed by atoms with E-state index in [0.29, 0.717) is 5.75 Å². The van der Waals surface area contributed by atoms with Crippen molar-refractivity contribution in [3.8, 4) is 5.75 Å². The molecule has 0 atom stereocenters. The Kier molecular flexibility index (Phi) is 6.78. The number of hydrazine groups is 1. The van der Waals surface area contributed by atoms with Crippen LogP contribution < -0.4 is 20.9 Å². The molecule has 0 spiro atoms. The molecule has 0 unspecified atom stereocenters. The number of benzene rings is 2. The van der Waals surface area contributed by atoms with Crippen LogP contribution in [-0.2, 0) is 11.2 Å². The zero-order valence-electron chi connectivity index (χ0n) is 14.2. The fourth-order valence-corrected chi connectivity index (χ4v) is 2.18. The van der Waals surface area contributed by atoms with Crippen molar-refractivity contribution < 1.29 is 19.2 Å². The lowest BCUT2D eigenvalue weighted by Crippen LogP contribution is -2.48. The molecule has 2 aromatic carbocycles. The van der Waals surface area contributed by atoms with E-state index in [4.69, 9.17) is 17.0 Å². The van der Waals surface area contributed by atoms with Crippen molar-refractivity contribution in [3.63, 3.8) is 0 Å². The summed E-state index contributed by atoms with van der Waals surface area (Å²) < 4.78 is 5.04. The minimum absolute atomic E-state index is 0.107. The molecule has 9 nitrogen and oxygen atoms in total. The summed E-state index contributed by atoms with van der Waals surface area (Å²) in [5.41, 5.74) is 5.63. The van der Waals surface area contributed by atoms with Gasteiger partial charge in [-0.05, 0) is 42.0 Å². The molecule has 2 aromatic rings. The maximum atomic E-state index is 12.0. The molecule has 0 heterocycles. The van der Waals surface area contributed by atoms with E-state index in [2.05, 4.69) is 16.2 Å². The molecule has 140 valence electrons. The first kappa shape index (κ1) is 19.8. The molecule has 0 aliphatic rings. The largest absolute Gasteiger partial charge is 0.497 e. The standard InChI is InChI=1S/C17H16N4O5S/c1-26-14-8-2-11(3-9-14)10-15(22)19-20-17(27)18-16(23)12-4-6-13(7-5-12)21(24)25/h2-9H,10H2,1H3,(H,19,22)(H2,18,20,23,27). The third-order valence-electron chi connectivity index (χ3n) is 3.41. The van der Waals surface area contributed by atoms with Crippen molar-refractivity contribution in [1.29, 1.82) is 0 Å². The first-order valence-electron chi connectivity index (χ1n) is 7.66. The van der Waals surface area contributed by atoms with Gasteiger partial charge < -0.3 is 4.74 Å². The van der Waals surface area contributed by atoms with Gasteiger partial charge in [0.2, 0.25) is 5.91 Å². The maximum absolute atomic E-state index is 12.0. The highest BCUT2D eigenvalue weighted by Gasteiger charge is 2.11. The molecule has 27 heavy (non-hydrogen) atoms. The zero-order valence-corrected chi connectivity index (χ0v) is 15.0. The van der Waals surface area contributed by atoms with E-state index in [9.17, 15) is 19.7 Å². The second kappa shape index (κ2) is 9.25. The third-order valence-corrected chi connectivity index (χ3v) is 3.61. The second-order valence-electron chi connectivity index (χ2n) is 5.29. The monoisotopic (exact) mass is 388 g/mol. The SMILES string of the molecule is COc1ccc(CC(=O)NNC(=S)NC(=O)c2ccc([N+](=O)[O-])cc2)cc1. The predicted molar refractivity (Wildman–Crippen MR) is 101 cm³/mol. The Morgan fingerprint density at radius 3 is 2.26 bits per heavy atom. The fraction of sp³-hybridized carbons (Fsp3) is 0.118. The van der Waals surface area contributed by atoms with Gasteiger partial charge in [0.15, 0.2) is 5.11 Å². The fourth-order valence-electron chi connectivity index (χ4n) is 2.04. The number of carbonyl (C=O) groups is 2. The number of methoxy groups -OCH3 is 1. The van der Waals surface area contributed by atoms with Gasteiger partial charge >= 0.3 is 0 Å². The van der Waals surface area contributed by atoms with Crippen LogP contribution in [0.2, 0.25) is 0 Å². The van der Waals surface area contributed by atoms with Gasteiger partial charge in [0.05, 0.1) is 18.5 Å². The topological polar surface area (TPSA) is 123 Å². The number of ether oxygens (including phenoxy) is 1. The van der Waals surface area contributed by atoms with Crippen molar-refractivity contribution in [2.45, 2.75) is 6.42 Å². The quantitative estimate of drug-likeness (QED) is 0.403. The molecule has 2 rings (SSSR count). The third kappa shape index (κ3) is 6.04. The van der Waals surface area contributed by atoms with Crippen LogP contribution in [0.4, 0.5) is 5.69 Å². The van der Waals surface area contributed by atoms with Crippen LogP contribution in [0.5, 0.6) is 5.75 Å². The van der Waals surface area contributed by atoms with Gasteiger partial charge in [-0.3, -0.25) is 35.9 Å². The summed E-state index contributed by atoms with van der Waals surface area (Å²) >= 11 is 4.93. The smallest absolute Gasteiger partial charge is 0.269 e. The van der Waals surface area contributed by atoms with Crippen LogP contribution in [0.1, 0.15) is 15.9 Å². The van der Waals surface area contributed by atoms with E-state index in [0.717, 1.165) is 5.56 Å². The van der Waals surface area contributed by atoms with Gasteiger partial charge in [-0.15, -0.1) is 0 Å². The lowest BCUT2D eigenvalue weighted by molar-refractivity contribution is -0.384. The average molecular weight is 388 g/mol. The number of nitrogens with zero attached hydrogens (tertiary/aromatic N) is 1. The van der Waals surface area contributed by atoms with Gasteiger partial charge in [-0.2, -0.15) is 0 Å². The normalized spacial score (nSPS) is 9.81. The summed E-state index contributed by atoms with van der Waals surface area (Å²) in [4.78, 5) is 33.9. The second-order valence-corrected chi connectivity index (χ2v) is 5.69. The lowest BCUT2D eigenvalue weighted by atomic mass is 10.1. The Morgan fingerprint density at radius 1 is 1.07 bits per heavy atom. The number of hydrogen-bond donors (Lipinski definition) is 3. The highest BCUT2D eigenvalue weighted by molar-refractivity contribution is 7.80. The number of hydrogen-bond acceptors (Lipinski definition) is 6. The Morgan fingerprint density at radius 2 is 1.70 bits per heavy atom. The average Bonchev–Trinajstić information content (AvgIpc) is 2.67. The number of non-ortho nitro benzene ring substituents is 1. The molecule has 0 radical (unpaired) electrons. The molecule has 0 fully saturated rings. The van der Waals surface area contributed by atoms with Gasteiger partial charge in [0, 0.05) is 17.7 Å². The van der Waals surface area contributed by atoms with Crippen molar-refractivity contribution in [3.05, 3.63) is 69.8 Å². The summed E-state index contributed by atoms with van der Waals surface area (Å²) in [5, 5.41) is 12.8. The van der Waals surface area contributed by atoms with E-state index >= 15 is 0 Å². The summed E-state index contributed by atoms with van der Waals surface area (Å²) in [6.45, 7) is 0. The van der Waals surface area contributed by atoms with Crippen LogP contribution in [0.25, 0.3) is 0 Å². The minimum Gasteiger partial charge on any atom is -0.497 e. The van der Waals surface area contributed by atoms with Crippen molar-refractivity contribution in [2.75, 3.05) is 7.11 Å². The Hall–Kier alpha value is -3.53. The molecule has 0 saturated carbocycles. The summed E-state index contributed by atoms with van der Waals surface area (Å²) in [7, 11) is 1.55. The number of thiocarbonyl (C=S) groups is 1. The highest BCUT2D eigenvalue weighted by atomic mass is 32.1. The van der Waals surface area contributed by atoms with Crippen LogP contribution in [0.3, 0.4) is 0 Å². The molecule has 3 N–H and O–H groups in total. The van der Waals surface area contributed by atoms with Gasteiger partial charge in [0.25, 0.3) is 11.6 Å². The summed E-state index contributed by atoms with van der Waals surface area (Å²) in [6, 6.07) is 12.0. The Balaban J connectivity index is 1.79. The maximum Gasteiger partial charge on any atom is 0.269 e. The van der Waals surface area contributed by atoms with Gasteiger partial charge in [-0.25, -0.2) is 0 Å². The van der Waals surface area contributed by atoms with Gasteiger partial charge in [0.1, 0.15) is 5.75 Å². The lowest BCUT2D eigenvalue weighted by Gasteiger charge is -2.11. The summed E-state index contributed by atoms with van der Waals surface area (Å²) in [5.74, 6) is -0.230. The Bertz CT molecular complexity index is 853. The molecule has 0 aliphatic heterocycles. The number of nitro groups is 1. The first-order chi connectivity index (χ1) is 12.9. The Labute approximate surface area is 159 Å². The molecule has 0 aromatic heterocycles. The van der Waals surface area contributed by atoms with Crippen molar-refractivity contribution in [1.82, 2.24) is 16.2 Å². The molecule has 0 saturated heterocycles. The van der Waals surface area contributed by atoms with Crippen molar-refractivity contribution in [2.24, 2.45) is 0 Å². The number of nitro benzene ring substituents is 1. The summed E-state index contributed by atoms with van der Waals surface area (Å²) in [6.07, 6.45) is 0.107. The molecule has 10 heteroatoms. The van der Waals surface area contributed by atoms with E-state index in [-0.39, 0.29) is 28.7 Å². The van der Waals surface area contributed by atoms with Crippen LogP contribution in [0.15, 0.2) is 48.5 Å². The van der Waals surface area contributed by atoms with Crippen molar-refractivity contribution >= 4 is 34.8 Å². The number of nitrogens with one attached hydrogen (secondary N) is 3. The number of rotatable bonds is 5. The van der Waals surface area contributed by atoms with Gasteiger partial charge in [-0.1, -0.05) is 12.1 Å². The zero-order chi connectivity index (χ0) is 19.8. The molecular formula is C17H16N4O5S. The predicted octanol–water partition coefficient (Wildman–Crippen LogP) is 1.48. The van der Waals surface area contributed by atoms with Crippen LogP contribution >= 0.6 is 12.2 Å². The van der Waals surface area contributed by atoms with Crippen LogP contribution in [-0.4, -0.2) is 29.0 Å². The van der Waals surface area contributed by atoms with E-state index < -0.39 is 10.8 Å². The van der Waals surface area contributed by atoms with Crippen LogP contribution in [0, 0.1) is 10.1 Å². The molecular weight excluding hydrogens is 372 g/mol. The minimum atomic E-state index is -0.563. The highest BCUT2D eigenvalue weighted by Crippen LogP contribution is 2.12. The van der Waals surface area contributed by atoms with E-state index in [1.807, 2.05) is 0 Å². The molecule has 0 aliphatic carbocycles. The number of amides is 2. The first-order valence-corrected chi connectivity index (χ1v) is 8.07. The van der Waals surface area contributed by atoms with E-state index in [1.54, 1.807) is 31.4 Å². The molecule has 2 amide bonds. The number of carbonyl (C=O) groups excluding carboxylic acids is 2.